The highest BCUT2D eigenvalue weighted by atomic mass is 35.5. The van der Waals surface area contributed by atoms with Crippen molar-refractivity contribution in [1.82, 2.24) is 10.6 Å². The number of carbonyl (C=O) groups is 2. The van der Waals surface area contributed by atoms with Crippen molar-refractivity contribution in [2.45, 2.75) is 12.0 Å². The van der Waals surface area contributed by atoms with Gasteiger partial charge in [0, 0.05) is 27.8 Å². The van der Waals surface area contributed by atoms with Crippen LogP contribution >= 0.6 is 11.6 Å². The Bertz CT molecular complexity index is 805. The molecule has 1 unspecified atom stereocenters. The summed E-state index contributed by atoms with van der Waals surface area (Å²) in [5.74, 6) is 0.252. The lowest BCUT2D eigenvalue weighted by Crippen LogP contribution is -2.47. The lowest BCUT2D eigenvalue weighted by molar-refractivity contribution is -0.125. The normalized spacial score (nSPS) is 23.7. The van der Waals surface area contributed by atoms with E-state index in [1.165, 1.54) is 0 Å². The Kier molecular flexibility index (Phi) is 2.44. The lowest BCUT2D eigenvalue weighted by atomic mass is 9.83. The summed E-state index contributed by atoms with van der Waals surface area (Å²) >= 11 is 6.34. The number of rotatable bonds is 0. The van der Waals surface area contributed by atoms with Crippen molar-refractivity contribution >= 4 is 34.3 Å². The van der Waals surface area contributed by atoms with E-state index in [1.54, 1.807) is 6.07 Å². The first-order valence-electron chi connectivity index (χ1n) is 6.60. The zero-order chi connectivity index (χ0) is 14.6. The van der Waals surface area contributed by atoms with E-state index in [2.05, 4.69) is 10.6 Å². The Morgan fingerprint density at radius 2 is 1.95 bits per heavy atom. The van der Waals surface area contributed by atoms with Gasteiger partial charge in [0.25, 0.3) is 5.91 Å². The summed E-state index contributed by atoms with van der Waals surface area (Å²) in [7, 11) is 0. The average Bonchev–Trinajstić information content (AvgIpc) is 2.76. The molecule has 2 aromatic rings. The topological polar surface area (TPSA) is 67.4 Å². The number of imide groups is 1. The second-order valence-electron chi connectivity index (χ2n) is 5.19. The number of ether oxygens (including phenoxy) is 1. The standard InChI is InChI=1S/C15H11ClN2O3/c16-11-7-10-12(9-4-2-1-3-8(9)11)21-6-5-15(10)13(19)17-14(20)18-15/h1-4,7H,5-6H2,(H2,17,18,19,20). The van der Waals surface area contributed by atoms with Crippen LogP contribution in [0, 0.1) is 0 Å². The molecule has 0 aliphatic carbocycles. The summed E-state index contributed by atoms with van der Waals surface area (Å²) < 4.78 is 5.77. The third-order valence-electron chi connectivity index (χ3n) is 4.07. The fourth-order valence-electron chi connectivity index (χ4n) is 3.08. The van der Waals surface area contributed by atoms with E-state index < -0.39 is 11.6 Å². The quantitative estimate of drug-likeness (QED) is 0.734. The Morgan fingerprint density at radius 1 is 1.19 bits per heavy atom. The summed E-state index contributed by atoms with van der Waals surface area (Å²) in [6, 6.07) is 8.80. The highest BCUT2D eigenvalue weighted by Gasteiger charge is 2.51. The van der Waals surface area contributed by atoms with E-state index in [0.717, 1.165) is 10.8 Å². The van der Waals surface area contributed by atoms with Gasteiger partial charge >= 0.3 is 6.03 Å². The Balaban J connectivity index is 2.05. The van der Waals surface area contributed by atoms with Crippen LogP contribution in [0.15, 0.2) is 30.3 Å². The molecule has 1 saturated heterocycles. The molecule has 2 aromatic carbocycles. The number of nitrogens with one attached hydrogen (secondary N) is 2. The van der Waals surface area contributed by atoms with E-state index in [1.807, 2.05) is 24.3 Å². The molecule has 2 aliphatic rings. The van der Waals surface area contributed by atoms with Crippen LogP contribution < -0.4 is 15.4 Å². The predicted octanol–water partition coefficient (Wildman–Crippen LogP) is 2.31. The van der Waals surface area contributed by atoms with E-state index in [4.69, 9.17) is 16.3 Å². The van der Waals surface area contributed by atoms with E-state index >= 15 is 0 Å². The van der Waals surface area contributed by atoms with Gasteiger partial charge < -0.3 is 10.1 Å². The summed E-state index contributed by atoms with van der Waals surface area (Å²) in [6.07, 6.45) is 0.381. The van der Waals surface area contributed by atoms with E-state index in [9.17, 15) is 9.59 Å². The SMILES string of the molecule is O=C1NC(=O)C2(CCOc3c2cc(Cl)c2ccccc32)N1. The second-order valence-corrected chi connectivity index (χ2v) is 5.60. The molecule has 2 heterocycles. The summed E-state index contributed by atoms with van der Waals surface area (Å²) in [6.45, 7) is 0.353. The van der Waals surface area contributed by atoms with Gasteiger partial charge in [-0.25, -0.2) is 4.79 Å². The molecular weight excluding hydrogens is 292 g/mol. The minimum atomic E-state index is -1.08. The largest absolute Gasteiger partial charge is 0.492 e. The van der Waals surface area contributed by atoms with Crippen molar-refractivity contribution in [2.24, 2.45) is 0 Å². The first-order chi connectivity index (χ1) is 10.1. The van der Waals surface area contributed by atoms with Gasteiger partial charge in [0.05, 0.1) is 6.61 Å². The van der Waals surface area contributed by atoms with Crippen LogP contribution in [-0.2, 0) is 10.3 Å². The molecule has 106 valence electrons. The third kappa shape index (κ3) is 1.58. The number of urea groups is 1. The molecule has 5 nitrogen and oxygen atoms in total. The van der Waals surface area contributed by atoms with Crippen LogP contribution in [0.5, 0.6) is 5.75 Å². The zero-order valence-electron chi connectivity index (χ0n) is 10.9. The van der Waals surface area contributed by atoms with E-state index in [0.29, 0.717) is 29.4 Å². The third-order valence-corrected chi connectivity index (χ3v) is 4.38. The minimum absolute atomic E-state index is 0.353. The first kappa shape index (κ1) is 12.5. The maximum absolute atomic E-state index is 12.3. The van der Waals surface area contributed by atoms with E-state index in [-0.39, 0.29) is 5.91 Å². The molecule has 2 aliphatic heterocycles. The number of fused-ring (bicyclic) bond motifs is 4. The van der Waals surface area contributed by atoms with Crippen LogP contribution in [-0.4, -0.2) is 18.5 Å². The van der Waals surface area contributed by atoms with Gasteiger partial charge in [-0.15, -0.1) is 0 Å². The fourth-order valence-corrected chi connectivity index (χ4v) is 3.35. The van der Waals surface area contributed by atoms with Crippen molar-refractivity contribution in [1.29, 1.82) is 0 Å². The molecule has 0 radical (unpaired) electrons. The molecule has 21 heavy (non-hydrogen) atoms. The van der Waals surface area contributed by atoms with Crippen molar-refractivity contribution < 1.29 is 14.3 Å². The summed E-state index contributed by atoms with van der Waals surface area (Å²) in [4.78, 5) is 23.8. The molecule has 0 aromatic heterocycles. The van der Waals surface area contributed by atoms with Crippen molar-refractivity contribution in [3.8, 4) is 5.75 Å². The zero-order valence-corrected chi connectivity index (χ0v) is 11.7. The maximum Gasteiger partial charge on any atom is 0.322 e. The molecule has 0 bridgehead atoms. The van der Waals surface area contributed by atoms with Gasteiger partial charge in [-0.3, -0.25) is 10.1 Å². The van der Waals surface area contributed by atoms with Crippen LogP contribution in [0.4, 0.5) is 4.79 Å². The lowest BCUT2D eigenvalue weighted by Gasteiger charge is -2.33. The van der Waals surface area contributed by atoms with Crippen molar-refractivity contribution in [3.05, 3.63) is 40.9 Å². The van der Waals surface area contributed by atoms with Crippen LogP contribution in [0.2, 0.25) is 5.02 Å². The average molecular weight is 303 g/mol. The highest BCUT2D eigenvalue weighted by molar-refractivity contribution is 6.36. The number of amides is 3. The molecule has 4 rings (SSSR count). The van der Waals surface area contributed by atoms with Crippen LogP contribution in [0.3, 0.4) is 0 Å². The van der Waals surface area contributed by atoms with Gasteiger partial charge in [0.15, 0.2) is 5.54 Å². The number of benzene rings is 2. The molecular formula is C15H11ClN2O3. The van der Waals surface area contributed by atoms with Crippen LogP contribution in [0.25, 0.3) is 10.8 Å². The monoisotopic (exact) mass is 302 g/mol. The highest BCUT2D eigenvalue weighted by Crippen LogP contribution is 2.45. The summed E-state index contributed by atoms with van der Waals surface area (Å²) in [5.41, 5.74) is -0.473. The molecule has 3 amide bonds. The molecule has 1 atom stereocenters. The fraction of sp³-hybridized carbons (Fsp3) is 0.200. The van der Waals surface area contributed by atoms with Crippen molar-refractivity contribution in [2.75, 3.05) is 6.61 Å². The first-order valence-corrected chi connectivity index (χ1v) is 6.98. The second kappa shape index (κ2) is 4.11. The molecule has 0 saturated carbocycles. The van der Waals surface area contributed by atoms with Gasteiger partial charge in [-0.1, -0.05) is 35.9 Å². The van der Waals surface area contributed by atoms with Gasteiger partial charge in [-0.05, 0) is 6.07 Å². The number of carbonyl (C=O) groups excluding carboxylic acids is 2. The minimum Gasteiger partial charge on any atom is -0.492 e. The number of halogens is 1. The Morgan fingerprint density at radius 3 is 2.67 bits per heavy atom. The summed E-state index contributed by atoms with van der Waals surface area (Å²) in [5, 5.41) is 7.26. The van der Waals surface area contributed by atoms with Gasteiger partial charge in [-0.2, -0.15) is 0 Å². The molecule has 1 spiro atoms. The molecule has 2 N–H and O–H groups in total. The van der Waals surface area contributed by atoms with Crippen molar-refractivity contribution in [3.63, 3.8) is 0 Å². The van der Waals surface area contributed by atoms with Gasteiger partial charge in [0.1, 0.15) is 5.75 Å². The number of hydrogen-bond donors (Lipinski definition) is 2. The van der Waals surface area contributed by atoms with Gasteiger partial charge in [0.2, 0.25) is 0 Å². The Labute approximate surface area is 125 Å². The Hall–Kier alpha value is -2.27. The maximum atomic E-state index is 12.3. The number of hydrogen-bond acceptors (Lipinski definition) is 3. The molecule has 6 heteroatoms. The predicted molar refractivity (Wildman–Crippen MR) is 77.4 cm³/mol. The smallest absolute Gasteiger partial charge is 0.322 e. The van der Waals surface area contributed by atoms with Crippen LogP contribution in [0.1, 0.15) is 12.0 Å². The molecule has 1 fully saturated rings.